The molecule has 3 nitrogen and oxygen atoms in total. The van der Waals surface area contributed by atoms with E-state index < -0.39 is 0 Å². The SMILES string of the molecule is CCNCCc1nnc(-c2ccc3cc(Br)ccc3c2)s1. The van der Waals surface area contributed by atoms with Gasteiger partial charge in [0.05, 0.1) is 0 Å². The van der Waals surface area contributed by atoms with Crippen molar-refractivity contribution in [2.45, 2.75) is 13.3 Å². The highest BCUT2D eigenvalue weighted by molar-refractivity contribution is 9.10. The van der Waals surface area contributed by atoms with Gasteiger partial charge in [0.2, 0.25) is 0 Å². The number of hydrogen-bond acceptors (Lipinski definition) is 4. The van der Waals surface area contributed by atoms with Crippen LogP contribution in [0.1, 0.15) is 11.9 Å². The first kappa shape index (κ1) is 14.6. The Morgan fingerprint density at radius 1 is 1.10 bits per heavy atom. The molecule has 0 amide bonds. The molecule has 2 aromatic carbocycles. The molecule has 0 fully saturated rings. The van der Waals surface area contributed by atoms with Crippen molar-refractivity contribution in [2.24, 2.45) is 0 Å². The van der Waals surface area contributed by atoms with E-state index in [9.17, 15) is 0 Å². The second-order valence-electron chi connectivity index (χ2n) is 4.81. The van der Waals surface area contributed by atoms with E-state index in [-0.39, 0.29) is 0 Å². The van der Waals surface area contributed by atoms with Crippen LogP contribution in [0, 0.1) is 0 Å². The predicted octanol–water partition coefficient (Wildman–Crippen LogP) is 4.27. The summed E-state index contributed by atoms with van der Waals surface area (Å²) in [5.41, 5.74) is 1.14. The first-order chi connectivity index (χ1) is 10.3. The van der Waals surface area contributed by atoms with E-state index in [2.05, 4.69) is 74.8 Å². The average molecular weight is 362 g/mol. The molecule has 0 radical (unpaired) electrons. The largest absolute Gasteiger partial charge is 0.317 e. The Hall–Kier alpha value is -1.30. The highest BCUT2D eigenvalue weighted by Crippen LogP contribution is 2.28. The summed E-state index contributed by atoms with van der Waals surface area (Å²) in [4.78, 5) is 0. The third kappa shape index (κ3) is 3.48. The predicted molar refractivity (Wildman–Crippen MR) is 92.8 cm³/mol. The van der Waals surface area contributed by atoms with Gasteiger partial charge in [-0.2, -0.15) is 0 Å². The molecule has 0 aliphatic heterocycles. The average Bonchev–Trinajstić information content (AvgIpc) is 2.96. The summed E-state index contributed by atoms with van der Waals surface area (Å²) in [5, 5.41) is 16.4. The minimum absolute atomic E-state index is 0.937. The lowest BCUT2D eigenvalue weighted by Gasteiger charge is -2.01. The monoisotopic (exact) mass is 361 g/mol. The van der Waals surface area contributed by atoms with Gasteiger partial charge in [-0.1, -0.05) is 52.4 Å². The second-order valence-corrected chi connectivity index (χ2v) is 6.79. The first-order valence-corrected chi connectivity index (χ1v) is 8.60. The molecule has 0 aliphatic carbocycles. The van der Waals surface area contributed by atoms with Crippen LogP contribution in [0.4, 0.5) is 0 Å². The van der Waals surface area contributed by atoms with E-state index in [0.29, 0.717) is 0 Å². The van der Waals surface area contributed by atoms with Crippen molar-refractivity contribution in [1.29, 1.82) is 0 Å². The fourth-order valence-electron chi connectivity index (χ4n) is 2.19. The van der Waals surface area contributed by atoms with Gasteiger partial charge in [-0.15, -0.1) is 10.2 Å². The molecular weight excluding hydrogens is 346 g/mol. The molecule has 5 heteroatoms. The zero-order valence-corrected chi connectivity index (χ0v) is 14.2. The summed E-state index contributed by atoms with van der Waals surface area (Å²) in [6, 6.07) is 12.7. The molecule has 0 saturated heterocycles. The highest BCUT2D eigenvalue weighted by atomic mass is 79.9. The summed E-state index contributed by atoms with van der Waals surface area (Å²) >= 11 is 5.18. The van der Waals surface area contributed by atoms with Crippen LogP contribution in [0.5, 0.6) is 0 Å². The van der Waals surface area contributed by atoms with Gasteiger partial charge < -0.3 is 5.32 Å². The molecule has 3 aromatic rings. The van der Waals surface area contributed by atoms with Crippen molar-refractivity contribution in [3.63, 3.8) is 0 Å². The van der Waals surface area contributed by atoms with Crippen molar-refractivity contribution >= 4 is 38.0 Å². The van der Waals surface area contributed by atoms with E-state index >= 15 is 0 Å². The van der Waals surface area contributed by atoms with Crippen LogP contribution in [0.25, 0.3) is 21.3 Å². The molecule has 1 heterocycles. The summed E-state index contributed by atoms with van der Waals surface area (Å²) < 4.78 is 1.10. The topological polar surface area (TPSA) is 37.8 Å². The van der Waals surface area contributed by atoms with Gasteiger partial charge in [-0.3, -0.25) is 0 Å². The quantitative estimate of drug-likeness (QED) is 0.689. The lowest BCUT2D eigenvalue weighted by atomic mass is 10.1. The minimum atomic E-state index is 0.937. The summed E-state index contributed by atoms with van der Waals surface area (Å²) in [5.74, 6) is 0. The maximum Gasteiger partial charge on any atom is 0.147 e. The lowest BCUT2D eigenvalue weighted by molar-refractivity contribution is 0.710. The maximum atomic E-state index is 4.32. The molecule has 21 heavy (non-hydrogen) atoms. The van der Waals surface area contributed by atoms with E-state index in [1.165, 1.54) is 10.8 Å². The molecule has 0 unspecified atom stereocenters. The number of halogens is 1. The molecule has 3 rings (SSSR count). The van der Waals surface area contributed by atoms with Crippen molar-refractivity contribution < 1.29 is 0 Å². The summed E-state index contributed by atoms with van der Waals surface area (Å²) in [6.45, 7) is 4.06. The van der Waals surface area contributed by atoms with Gasteiger partial charge in [0.25, 0.3) is 0 Å². The fourth-order valence-corrected chi connectivity index (χ4v) is 3.41. The Morgan fingerprint density at radius 3 is 2.76 bits per heavy atom. The highest BCUT2D eigenvalue weighted by Gasteiger charge is 2.07. The van der Waals surface area contributed by atoms with Gasteiger partial charge in [0.1, 0.15) is 10.0 Å². The summed E-state index contributed by atoms with van der Waals surface area (Å²) in [6.07, 6.45) is 0.937. The van der Waals surface area contributed by atoms with Crippen LogP contribution in [0.15, 0.2) is 40.9 Å². The standard InChI is InChI=1S/C16H16BrN3S/c1-2-18-8-7-15-19-20-16(21-15)13-4-3-12-10-14(17)6-5-11(12)9-13/h3-6,9-10,18H,2,7-8H2,1H3. The van der Waals surface area contributed by atoms with E-state index in [0.717, 1.165) is 39.6 Å². The second kappa shape index (κ2) is 6.64. The molecule has 0 bridgehead atoms. The van der Waals surface area contributed by atoms with Crippen molar-refractivity contribution in [3.05, 3.63) is 45.9 Å². The number of likely N-dealkylation sites (N-methyl/N-ethyl adjacent to an activating group) is 1. The molecule has 0 spiro atoms. The van der Waals surface area contributed by atoms with Gasteiger partial charge in [-0.25, -0.2) is 0 Å². The first-order valence-electron chi connectivity index (χ1n) is 6.99. The van der Waals surface area contributed by atoms with E-state index in [1.807, 2.05) is 0 Å². The third-order valence-corrected chi connectivity index (χ3v) is 4.81. The fraction of sp³-hybridized carbons (Fsp3) is 0.250. The number of rotatable bonds is 5. The normalized spacial score (nSPS) is 11.1. The van der Waals surface area contributed by atoms with Crippen molar-refractivity contribution in [2.75, 3.05) is 13.1 Å². The van der Waals surface area contributed by atoms with Gasteiger partial charge in [0, 0.05) is 23.0 Å². The zero-order chi connectivity index (χ0) is 14.7. The molecule has 0 aliphatic rings. The van der Waals surface area contributed by atoms with Crippen LogP contribution >= 0.6 is 27.3 Å². The van der Waals surface area contributed by atoms with Gasteiger partial charge in [0.15, 0.2) is 0 Å². The van der Waals surface area contributed by atoms with Crippen LogP contribution in [-0.2, 0) is 6.42 Å². The van der Waals surface area contributed by atoms with Crippen LogP contribution in [-0.4, -0.2) is 23.3 Å². The van der Waals surface area contributed by atoms with Crippen LogP contribution in [0.3, 0.4) is 0 Å². The van der Waals surface area contributed by atoms with Crippen molar-refractivity contribution in [3.8, 4) is 10.6 Å². The van der Waals surface area contributed by atoms with Gasteiger partial charge >= 0.3 is 0 Å². The number of hydrogen-bond donors (Lipinski definition) is 1. The Bertz CT molecular complexity index is 754. The van der Waals surface area contributed by atoms with E-state index in [4.69, 9.17) is 0 Å². The maximum absolute atomic E-state index is 4.32. The lowest BCUT2D eigenvalue weighted by Crippen LogP contribution is -2.15. The Balaban J connectivity index is 1.84. The van der Waals surface area contributed by atoms with Crippen LogP contribution < -0.4 is 5.32 Å². The molecule has 0 saturated carbocycles. The number of benzene rings is 2. The molecule has 1 N–H and O–H groups in total. The van der Waals surface area contributed by atoms with Gasteiger partial charge in [-0.05, 0) is 35.5 Å². The zero-order valence-electron chi connectivity index (χ0n) is 11.8. The summed E-state index contributed by atoms with van der Waals surface area (Å²) in [7, 11) is 0. The number of aromatic nitrogens is 2. The molecular formula is C16H16BrN3S. The van der Waals surface area contributed by atoms with Crippen LogP contribution in [0.2, 0.25) is 0 Å². The minimum Gasteiger partial charge on any atom is -0.317 e. The Kier molecular flexibility index (Phi) is 4.63. The molecule has 0 atom stereocenters. The van der Waals surface area contributed by atoms with E-state index in [1.54, 1.807) is 11.3 Å². The third-order valence-electron chi connectivity index (χ3n) is 3.28. The smallest absolute Gasteiger partial charge is 0.147 e. The van der Waals surface area contributed by atoms with Crippen molar-refractivity contribution in [1.82, 2.24) is 15.5 Å². The number of nitrogens with zero attached hydrogens (tertiary/aromatic N) is 2. The Labute approximate surface area is 136 Å². The number of fused-ring (bicyclic) bond motifs is 1. The number of nitrogens with one attached hydrogen (secondary N) is 1. The molecule has 1 aromatic heterocycles. The molecule has 108 valence electrons. The Morgan fingerprint density at radius 2 is 1.90 bits per heavy atom.